The number of pyridine rings is 1. The average Bonchev–Trinajstić information content (AvgIpc) is 3.62. The van der Waals surface area contributed by atoms with Crippen LogP contribution in [0.1, 0.15) is 41.7 Å². The smallest absolute Gasteiger partial charge is 0.258 e. The Morgan fingerprint density at radius 1 is 1.15 bits per heavy atom. The molecule has 4 aromatic rings. The number of fused-ring (bicyclic) bond motifs is 7. The molecule has 6 rings (SSSR count). The predicted octanol–water partition coefficient (Wildman–Crippen LogP) is 4.09. The zero-order chi connectivity index (χ0) is 28.7. The van der Waals surface area contributed by atoms with Crippen molar-refractivity contribution >= 4 is 34.5 Å². The molecule has 2 aliphatic rings. The maximum absolute atomic E-state index is 13.7. The number of nitrogens with zero attached hydrogens (tertiary/aromatic N) is 6. The summed E-state index contributed by atoms with van der Waals surface area (Å²) in [7, 11) is 5.57. The predicted molar refractivity (Wildman–Crippen MR) is 157 cm³/mol. The summed E-state index contributed by atoms with van der Waals surface area (Å²) in [5.74, 6) is 1.82. The van der Waals surface area contributed by atoms with E-state index in [1.165, 1.54) is 12.8 Å². The molecule has 11 nitrogen and oxygen atoms in total. The van der Waals surface area contributed by atoms with Crippen LogP contribution in [0.2, 0.25) is 0 Å². The Kier molecular flexibility index (Phi) is 7.21. The van der Waals surface area contributed by atoms with Crippen molar-refractivity contribution in [3.05, 3.63) is 47.8 Å². The third-order valence-corrected chi connectivity index (χ3v) is 7.76. The first kappa shape index (κ1) is 26.9. The van der Waals surface area contributed by atoms with Crippen LogP contribution in [0.25, 0.3) is 22.3 Å². The number of aromatic nitrogens is 5. The topological polar surface area (TPSA) is 119 Å². The van der Waals surface area contributed by atoms with Gasteiger partial charge < -0.3 is 19.5 Å². The van der Waals surface area contributed by atoms with E-state index in [2.05, 4.69) is 25.3 Å². The summed E-state index contributed by atoms with van der Waals surface area (Å²) >= 11 is 0. The van der Waals surface area contributed by atoms with E-state index in [0.717, 1.165) is 29.4 Å². The number of benzene rings is 1. The van der Waals surface area contributed by atoms with Crippen molar-refractivity contribution in [2.75, 3.05) is 37.9 Å². The number of imidazole rings is 1. The molecule has 2 bridgehead atoms. The number of hydrogen-bond donors (Lipinski definition) is 2. The van der Waals surface area contributed by atoms with Gasteiger partial charge in [0.05, 0.1) is 41.6 Å². The molecule has 214 valence electrons. The van der Waals surface area contributed by atoms with Crippen molar-refractivity contribution < 1.29 is 14.3 Å². The molecule has 1 aliphatic heterocycles. The van der Waals surface area contributed by atoms with Crippen LogP contribution in [0.3, 0.4) is 0 Å². The first-order chi connectivity index (χ1) is 19.7. The zero-order valence-corrected chi connectivity index (χ0v) is 24.0. The van der Waals surface area contributed by atoms with Crippen LogP contribution in [0.15, 0.2) is 36.5 Å². The molecule has 1 atom stereocenters. The van der Waals surface area contributed by atoms with Gasteiger partial charge >= 0.3 is 0 Å². The summed E-state index contributed by atoms with van der Waals surface area (Å²) in [5, 5.41) is 10.5. The molecule has 0 radical (unpaired) electrons. The molecular weight excluding hydrogens is 520 g/mol. The molecule has 4 heterocycles. The van der Waals surface area contributed by atoms with E-state index in [9.17, 15) is 9.59 Å². The monoisotopic (exact) mass is 556 g/mol. The number of hydrogen-bond acceptors (Lipinski definition) is 7. The standard InChI is InChI=1S/C30H36N8O3/c1-18-12-21-13-25(32-18)23-15-31-37(4)29(23)41-11-5-6-20(19-7-8-19)16-38-26-14-22(33-27(39)17-36(2)3)9-10-24(26)34-30(38)35-28(21)40/h9-10,12-15,19-20H,5-8,11,16-17H2,1-4H3,(H,33,39)(H,34,35,40)/t20-/m1/s1. The maximum atomic E-state index is 13.7. The van der Waals surface area contributed by atoms with Crippen molar-refractivity contribution in [3.63, 3.8) is 0 Å². The van der Waals surface area contributed by atoms with Gasteiger partial charge in [0.15, 0.2) is 0 Å². The van der Waals surface area contributed by atoms with Crippen LogP contribution in [-0.4, -0.2) is 68.3 Å². The molecule has 2 N–H and O–H groups in total. The van der Waals surface area contributed by atoms with Crippen molar-refractivity contribution in [2.24, 2.45) is 18.9 Å². The van der Waals surface area contributed by atoms with Gasteiger partial charge in [0, 0.05) is 30.5 Å². The molecule has 1 saturated carbocycles. The summed E-state index contributed by atoms with van der Waals surface area (Å²) in [6, 6.07) is 9.23. The van der Waals surface area contributed by atoms with Crippen LogP contribution in [0.4, 0.5) is 11.6 Å². The minimum atomic E-state index is -0.267. The van der Waals surface area contributed by atoms with Crippen molar-refractivity contribution in [1.29, 1.82) is 0 Å². The highest BCUT2D eigenvalue weighted by atomic mass is 16.5. The summed E-state index contributed by atoms with van der Waals surface area (Å²) in [6.45, 7) is 3.43. The van der Waals surface area contributed by atoms with Crippen LogP contribution in [0, 0.1) is 18.8 Å². The number of nitrogens with one attached hydrogen (secondary N) is 2. The molecule has 3 aromatic heterocycles. The lowest BCUT2D eigenvalue weighted by Crippen LogP contribution is -2.27. The lowest BCUT2D eigenvalue weighted by atomic mass is 9.97. The van der Waals surface area contributed by atoms with Crippen LogP contribution < -0.4 is 15.4 Å². The van der Waals surface area contributed by atoms with Crippen molar-refractivity contribution in [1.82, 2.24) is 29.2 Å². The Balaban J connectivity index is 1.41. The largest absolute Gasteiger partial charge is 0.477 e. The third kappa shape index (κ3) is 5.81. The number of rotatable bonds is 4. The van der Waals surface area contributed by atoms with E-state index in [4.69, 9.17) is 9.72 Å². The second-order valence-corrected chi connectivity index (χ2v) is 11.4. The van der Waals surface area contributed by atoms with Crippen LogP contribution in [-0.2, 0) is 18.4 Å². The molecule has 1 aliphatic carbocycles. The highest BCUT2D eigenvalue weighted by Gasteiger charge is 2.32. The molecule has 2 amide bonds. The Morgan fingerprint density at radius 2 is 1.98 bits per heavy atom. The van der Waals surface area contributed by atoms with Gasteiger partial charge in [0.25, 0.3) is 5.91 Å². The molecule has 1 fully saturated rings. The molecule has 11 heteroatoms. The molecule has 1 aromatic carbocycles. The zero-order valence-electron chi connectivity index (χ0n) is 24.0. The summed E-state index contributed by atoms with van der Waals surface area (Å²) in [6.07, 6.45) is 6.01. The van der Waals surface area contributed by atoms with Gasteiger partial charge in [-0.05, 0) is 88.9 Å². The average molecular weight is 557 g/mol. The maximum Gasteiger partial charge on any atom is 0.258 e. The highest BCUT2D eigenvalue weighted by molar-refractivity contribution is 6.05. The fourth-order valence-electron chi connectivity index (χ4n) is 5.65. The highest BCUT2D eigenvalue weighted by Crippen LogP contribution is 2.41. The minimum absolute atomic E-state index is 0.0876. The Bertz CT molecular complexity index is 1620. The SMILES string of the molecule is Cc1cc2cc(n1)-c1cnn(C)c1OCCC[C@@H](C1CC1)Cn1c(nc3ccc(NC(=O)CN(C)C)cc31)NC2=O. The second-order valence-electron chi connectivity index (χ2n) is 11.4. The second kappa shape index (κ2) is 11.0. The van der Waals surface area contributed by atoms with Gasteiger partial charge in [-0.2, -0.15) is 5.10 Å². The minimum Gasteiger partial charge on any atom is -0.477 e. The van der Waals surface area contributed by atoms with Gasteiger partial charge in [-0.3, -0.25) is 19.9 Å². The Labute approximate surface area is 238 Å². The van der Waals surface area contributed by atoms with Crippen LogP contribution >= 0.6 is 0 Å². The number of anilines is 2. The molecule has 41 heavy (non-hydrogen) atoms. The lowest BCUT2D eigenvalue weighted by molar-refractivity contribution is -0.116. The molecule has 0 saturated heterocycles. The number of ether oxygens (including phenoxy) is 1. The number of carbonyl (C=O) groups excluding carboxylic acids is 2. The fraction of sp³-hybridized carbons (Fsp3) is 0.433. The summed E-state index contributed by atoms with van der Waals surface area (Å²) in [5.41, 5.74) is 4.92. The lowest BCUT2D eigenvalue weighted by Gasteiger charge is -2.20. The fourth-order valence-corrected chi connectivity index (χ4v) is 5.65. The number of carbonyl (C=O) groups is 2. The first-order valence-corrected chi connectivity index (χ1v) is 14.1. The van der Waals surface area contributed by atoms with E-state index >= 15 is 0 Å². The normalized spacial score (nSPS) is 17.7. The summed E-state index contributed by atoms with van der Waals surface area (Å²) in [4.78, 5) is 37.5. The first-order valence-electron chi connectivity index (χ1n) is 14.1. The van der Waals surface area contributed by atoms with E-state index in [0.29, 0.717) is 59.5 Å². The number of amides is 2. The van der Waals surface area contributed by atoms with Crippen molar-refractivity contribution in [2.45, 2.75) is 39.2 Å². The molecule has 0 spiro atoms. The number of aryl methyl sites for hydroxylation is 2. The summed E-state index contributed by atoms with van der Waals surface area (Å²) < 4.78 is 10.1. The van der Waals surface area contributed by atoms with E-state index in [1.807, 2.05) is 51.2 Å². The van der Waals surface area contributed by atoms with E-state index < -0.39 is 0 Å². The van der Waals surface area contributed by atoms with Crippen molar-refractivity contribution in [3.8, 4) is 17.1 Å². The number of likely N-dealkylation sites (N-methyl/N-ethyl adjacent to an activating group) is 1. The van der Waals surface area contributed by atoms with Gasteiger partial charge in [-0.1, -0.05) is 0 Å². The molecular formula is C30H36N8O3. The third-order valence-electron chi connectivity index (χ3n) is 7.76. The van der Waals surface area contributed by atoms with E-state index in [1.54, 1.807) is 23.0 Å². The van der Waals surface area contributed by atoms with Gasteiger partial charge in [-0.15, -0.1) is 0 Å². The van der Waals surface area contributed by atoms with E-state index in [-0.39, 0.29) is 18.4 Å². The van der Waals surface area contributed by atoms with Gasteiger partial charge in [0.2, 0.25) is 17.7 Å². The molecule has 0 unspecified atom stereocenters. The quantitative estimate of drug-likeness (QED) is 0.389. The van der Waals surface area contributed by atoms with Crippen LogP contribution in [0.5, 0.6) is 5.88 Å². The van der Waals surface area contributed by atoms with Gasteiger partial charge in [0.1, 0.15) is 0 Å². The van der Waals surface area contributed by atoms with Gasteiger partial charge in [-0.25, -0.2) is 9.67 Å². The Morgan fingerprint density at radius 3 is 2.76 bits per heavy atom. The Hall–Kier alpha value is -4.25.